The molecule has 0 aliphatic rings. The molecule has 0 saturated heterocycles. The van der Waals surface area contributed by atoms with Gasteiger partial charge in [-0.3, -0.25) is 9.36 Å². The molecular formula is C20H23ClN4O. The predicted molar refractivity (Wildman–Crippen MR) is 107 cm³/mol. The number of fused-ring (bicyclic) bond motifs is 1. The van der Waals surface area contributed by atoms with Gasteiger partial charge in [0.2, 0.25) is 0 Å². The molecule has 2 aromatic heterocycles. The van der Waals surface area contributed by atoms with Crippen molar-refractivity contribution in [3.8, 4) is 11.3 Å². The molecular weight excluding hydrogens is 348 g/mol. The Morgan fingerprint density at radius 2 is 1.85 bits per heavy atom. The average molecular weight is 371 g/mol. The molecule has 2 heterocycles. The van der Waals surface area contributed by atoms with Crippen LogP contribution in [0.25, 0.3) is 22.3 Å². The van der Waals surface area contributed by atoms with Gasteiger partial charge in [0.25, 0.3) is 5.56 Å². The summed E-state index contributed by atoms with van der Waals surface area (Å²) in [6, 6.07) is 11.1. The quantitative estimate of drug-likeness (QED) is 0.712. The lowest BCUT2D eigenvalue weighted by Crippen LogP contribution is -2.25. The Bertz CT molecular complexity index is 979. The lowest BCUT2D eigenvalue weighted by atomic mass is 10.1. The van der Waals surface area contributed by atoms with Crippen LogP contribution in [0.15, 0.2) is 41.2 Å². The summed E-state index contributed by atoms with van der Waals surface area (Å²) in [5.41, 5.74) is 7.90. The minimum Gasteiger partial charge on any atom is -0.330 e. The number of nitrogens with two attached hydrogens (primary N) is 1. The van der Waals surface area contributed by atoms with Crippen molar-refractivity contribution in [2.75, 3.05) is 6.54 Å². The fourth-order valence-electron chi connectivity index (χ4n) is 3.29. The van der Waals surface area contributed by atoms with E-state index in [0.29, 0.717) is 29.5 Å². The number of benzene rings is 1. The Balaban J connectivity index is 2.40. The molecule has 0 saturated carbocycles. The number of nitrogens with zero attached hydrogens (tertiary/aromatic N) is 3. The maximum absolute atomic E-state index is 12.6. The smallest absolute Gasteiger partial charge is 0.252 e. The van der Waals surface area contributed by atoms with E-state index in [-0.39, 0.29) is 11.6 Å². The summed E-state index contributed by atoms with van der Waals surface area (Å²) in [7, 11) is 0. The van der Waals surface area contributed by atoms with Crippen LogP contribution in [-0.2, 0) is 6.42 Å². The monoisotopic (exact) mass is 370 g/mol. The summed E-state index contributed by atoms with van der Waals surface area (Å²) in [6.45, 7) is 4.60. The topological polar surface area (TPSA) is 73.8 Å². The maximum atomic E-state index is 12.6. The van der Waals surface area contributed by atoms with Crippen molar-refractivity contribution in [2.45, 2.75) is 39.2 Å². The first-order valence-corrected chi connectivity index (χ1v) is 9.35. The van der Waals surface area contributed by atoms with Crippen molar-refractivity contribution in [2.24, 2.45) is 5.73 Å². The fourth-order valence-corrected chi connectivity index (χ4v) is 3.51. The van der Waals surface area contributed by atoms with Crippen LogP contribution in [0, 0.1) is 0 Å². The third kappa shape index (κ3) is 3.37. The lowest BCUT2D eigenvalue weighted by molar-refractivity contribution is 0.469. The van der Waals surface area contributed by atoms with Gasteiger partial charge in [0.1, 0.15) is 11.5 Å². The van der Waals surface area contributed by atoms with E-state index in [9.17, 15) is 4.79 Å². The summed E-state index contributed by atoms with van der Waals surface area (Å²) < 4.78 is 1.79. The molecule has 3 rings (SSSR count). The van der Waals surface area contributed by atoms with Gasteiger partial charge in [-0.25, -0.2) is 9.97 Å². The molecule has 1 aromatic carbocycles. The second-order valence-electron chi connectivity index (χ2n) is 6.26. The van der Waals surface area contributed by atoms with Crippen LogP contribution in [0.4, 0.5) is 0 Å². The van der Waals surface area contributed by atoms with Crippen molar-refractivity contribution >= 4 is 22.6 Å². The Labute approximate surface area is 157 Å². The minimum atomic E-state index is -0.0475. The van der Waals surface area contributed by atoms with E-state index in [1.807, 2.05) is 24.3 Å². The van der Waals surface area contributed by atoms with Gasteiger partial charge in [0, 0.05) is 34.5 Å². The zero-order valence-electron chi connectivity index (χ0n) is 15.1. The molecule has 0 bridgehead atoms. The minimum absolute atomic E-state index is 0.0475. The van der Waals surface area contributed by atoms with Gasteiger partial charge in [-0.15, -0.1) is 0 Å². The number of hydrogen-bond donors (Lipinski definition) is 1. The lowest BCUT2D eigenvalue weighted by Gasteiger charge is -2.20. The van der Waals surface area contributed by atoms with Crippen molar-refractivity contribution in [1.82, 2.24) is 14.5 Å². The van der Waals surface area contributed by atoms with Gasteiger partial charge in [0.05, 0.1) is 5.69 Å². The maximum Gasteiger partial charge on any atom is 0.252 e. The number of pyridine rings is 1. The Kier molecular flexibility index (Phi) is 5.69. The summed E-state index contributed by atoms with van der Waals surface area (Å²) >= 11 is 6.42. The van der Waals surface area contributed by atoms with E-state index in [1.165, 1.54) is 0 Å². The molecule has 2 N–H and O–H groups in total. The van der Waals surface area contributed by atoms with Gasteiger partial charge in [-0.05, 0) is 31.5 Å². The number of aromatic nitrogens is 3. The summed E-state index contributed by atoms with van der Waals surface area (Å²) in [5.74, 6) is 0.625. The Morgan fingerprint density at radius 3 is 2.50 bits per heavy atom. The SMILES string of the molecule is CCC(CC)n1c(=O)ccc2c(-c3ccccc3Cl)nc(CCN)nc21. The molecule has 0 fully saturated rings. The summed E-state index contributed by atoms with van der Waals surface area (Å²) in [5, 5.41) is 1.44. The molecule has 0 aliphatic carbocycles. The molecule has 5 nitrogen and oxygen atoms in total. The third-order valence-corrected chi connectivity index (χ3v) is 4.96. The highest BCUT2D eigenvalue weighted by molar-refractivity contribution is 6.33. The third-order valence-electron chi connectivity index (χ3n) is 4.63. The van der Waals surface area contributed by atoms with Gasteiger partial charge in [0.15, 0.2) is 0 Å². The van der Waals surface area contributed by atoms with Crippen LogP contribution < -0.4 is 11.3 Å². The normalized spacial score (nSPS) is 11.4. The summed E-state index contributed by atoms with van der Waals surface area (Å²) in [6.07, 6.45) is 2.25. The molecule has 0 amide bonds. The first-order valence-electron chi connectivity index (χ1n) is 8.97. The van der Waals surface area contributed by atoms with Crippen LogP contribution in [0.1, 0.15) is 38.6 Å². The molecule has 6 heteroatoms. The van der Waals surface area contributed by atoms with Crippen LogP contribution in [0.2, 0.25) is 5.02 Å². The standard InChI is InChI=1S/C20H23ClN4O/c1-3-13(4-2)25-18(26)10-9-15-19(14-7-5-6-8-16(14)21)23-17(11-12-22)24-20(15)25/h5-10,13H,3-4,11-12,22H2,1-2H3. The van der Waals surface area contributed by atoms with E-state index < -0.39 is 0 Å². The van der Waals surface area contributed by atoms with Crippen molar-refractivity contribution in [1.29, 1.82) is 0 Å². The van der Waals surface area contributed by atoms with Crippen LogP contribution >= 0.6 is 11.6 Å². The van der Waals surface area contributed by atoms with E-state index in [2.05, 4.69) is 18.8 Å². The van der Waals surface area contributed by atoms with E-state index in [1.54, 1.807) is 16.7 Å². The highest BCUT2D eigenvalue weighted by atomic mass is 35.5. The van der Waals surface area contributed by atoms with Crippen LogP contribution in [-0.4, -0.2) is 21.1 Å². The second kappa shape index (κ2) is 7.98. The largest absolute Gasteiger partial charge is 0.330 e. The van der Waals surface area contributed by atoms with E-state index >= 15 is 0 Å². The zero-order valence-corrected chi connectivity index (χ0v) is 15.8. The predicted octanol–water partition coefficient (Wildman–Crippen LogP) is 3.97. The highest BCUT2D eigenvalue weighted by Gasteiger charge is 2.18. The number of rotatable bonds is 6. The molecule has 0 spiro atoms. The highest BCUT2D eigenvalue weighted by Crippen LogP contribution is 2.32. The number of halogens is 1. The first kappa shape index (κ1) is 18.5. The van der Waals surface area contributed by atoms with Gasteiger partial charge in [-0.1, -0.05) is 43.6 Å². The van der Waals surface area contributed by atoms with Gasteiger partial charge in [-0.2, -0.15) is 0 Å². The Hall–Kier alpha value is -2.24. The second-order valence-corrected chi connectivity index (χ2v) is 6.66. The molecule has 0 unspecified atom stereocenters. The fraction of sp³-hybridized carbons (Fsp3) is 0.350. The number of hydrogen-bond acceptors (Lipinski definition) is 4. The molecule has 0 aliphatic heterocycles. The van der Waals surface area contributed by atoms with Gasteiger partial charge >= 0.3 is 0 Å². The van der Waals surface area contributed by atoms with Crippen molar-refractivity contribution in [3.63, 3.8) is 0 Å². The zero-order chi connectivity index (χ0) is 18.7. The molecule has 3 aromatic rings. The van der Waals surface area contributed by atoms with E-state index in [4.69, 9.17) is 22.3 Å². The summed E-state index contributed by atoms with van der Waals surface area (Å²) in [4.78, 5) is 22.0. The first-order chi connectivity index (χ1) is 12.6. The van der Waals surface area contributed by atoms with Gasteiger partial charge < -0.3 is 5.73 Å². The van der Waals surface area contributed by atoms with Crippen molar-refractivity contribution < 1.29 is 0 Å². The Morgan fingerprint density at radius 1 is 1.12 bits per heavy atom. The molecule has 0 radical (unpaired) electrons. The average Bonchev–Trinajstić information content (AvgIpc) is 2.64. The van der Waals surface area contributed by atoms with Crippen molar-refractivity contribution in [3.05, 3.63) is 57.6 Å². The molecule has 0 atom stereocenters. The van der Waals surface area contributed by atoms with E-state index in [0.717, 1.165) is 29.5 Å². The molecule has 26 heavy (non-hydrogen) atoms. The van der Waals surface area contributed by atoms with Crippen LogP contribution in [0.5, 0.6) is 0 Å². The van der Waals surface area contributed by atoms with Crippen LogP contribution in [0.3, 0.4) is 0 Å². The molecule has 136 valence electrons.